The van der Waals surface area contributed by atoms with Crippen molar-refractivity contribution >= 4 is 28.3 Å². The van der Waals surface area contributed by atoms with Crippen molar-refractivity contribution in [3.8, 4) is 11.4 Å². The summed E-state index contributed by atoms with van der Waals surface area (Å²) < 4.78 is 5.46. The van der Waals surface area contributed by atoms with Gasteiger partial charge in [0.05, 0.1) is 30.8 Å². The molecule has 6 nitrogen and oxygen atoms in total. The summed E-state index contributed by atoms with van der Waals surface area (Å²) in [4.78, 5) is 25.4. The summed E-state index contributed by atoms with van der Waals surface area (Å²) in [5.41, 5.74) is 6.75. The van der Waals surface area contributed by atoms with Crippen LogP contribution in [0.3, 0.4) is 0 Å². The van der Waals surface area contributed by atoms with Crippen molar-refractivity contribution in [3.63, 3.8) is 0 Å². The first-order valence-corrected chi connectivity index (χ1v) is 10.6. The van der Waals surface area contributed by atoms with Gasteiger partial charge in [-0.15, -0.1) is 0 Å². The Morgan fingerprint density at radius 1 is 0.903 bits per heavy atom. The lowest BCUT2D eigenvalue weighted by atomic mass is 10.1. The molecule has 2 aliphatic heterocycles. The highest BCUT2D eigenvalue weighted by Gasteiger charge is 2.29. The van der Waals surface area contributed by atoms with E-state index >= 15 is 0 Å². The number of amides is 1. The fraction of sp³-hybridized carbons (Fsp3) is 0.200. The summed E-state index contributed by atoms with van der Waals surface area (Å²) in [5.74, 6) is 0.879. The number of H-pyrrole nitrogens is 1. The maximum atomic E-state index is 13.1. The third kappa shape index (κ3) is 3.16. The molecule has 1 amide bonds. The van der Waals surface area contributed by atoms with Crippen molar-refractivity contribution < 1.29 is 9.53 Å². The largest absolute Gasteiger partial charge is 0.378 e. The third-order valence-electron chi connectivity index (χ3n) is 6.09. The third-order valence-corrected chi connectivity index (χ3v) is 6.09. The lowest BCUT2D eigenvalue weighted by Crippen LogP contribution is -2.36. The minimum Gasteiger partial charge on any atom is -0.378 e. The zero-order chi connectivity index (χ0) is 20.8. The number of hydrogen-bond donors (Lipinski definition) is 1. The van der Waals surface area contributed by atoms with E-state index in [1.807, 2.05) is 59.5 Å². The van der Waals surface area contributed by atoms with E-state index in [4.69, 9.17) is 9.72 Å². The molecule has 1 fully saturated rings. The van der Waals surface area contributed by atoms with Gasteiger partial charge in [0.25, 0.3) is 5.91 Å². The van der Waals surface area contributed by atoms with Crippen LogP contribution >= 0.6 is 0 Å². The van der Waals surface area contributed by atoms with Gasteiger partial charge in [0.1, 0.15) is 5.82 Å². The van der Waals surface area contributed by atoms with E-state index in [0.717, 1.165) is 71.2 Å². The summed E-state index contributed by atoms with van der Waals surface area (Å²) in [6.45, 7) is 3.85. The van der Waals surface area contributed by atoms with E-state index in [0.29, 0.717) is 6.54 Å². The molecule has 0 bridgehead atoms. The minimum atomic E-state index is 0.0469. The molecule has 0 aliphatic carbocycles. The molecule has 6 rings (SSSR count). The summed E-state index contributed by atoms with van der Waals surface area (Å²) in [6.07, 6.45) is 0. The quantitative estimate of drug-likeness (QED) is 0.549. The standard InChI is InChI=1S/C25H22N4O2/c30-25-21-8-6-19(28-10-12-31-13-11-28)14-18(21)16-29(25)20-7-9-22-23(15-20)27-24(26-22)17-4-2-1-3-5-17/h1-9,14-15H,10-13,16H2,(H,26,27). The molecule has 0 unspecified atom stereocenters. The Bertz CT molecular complexity index is 1280. The number of aromatic amines is 1. The van der Waals surface area contributed by atoms with Crippen LogP contribution < -0.4 is 9.80 Å². The van der Waals surface area contributed by atoms with Gasteiger partial charge in [0.15, 0.2) is 0 Å². The number of carbonyl (C=O) groups excluding carboxylic acids is 1. The van der Waals surface area contributed by atoms with Crippen molar-refractivity contribution in [2.45, 2.75) is 6.54 Å². The molecule has 3 heterocycles. The number of benzene rings is 3. The zero-order valence-electron chi connectivity index (χ0n) is 17.0. The number of ether oxygens (including phenoxy) is 1. The molecule has 0 radical (unpaired) electrons. The lowest BCUT2D eigenvalue weighted by Gasteiger charge is -2.29. The molecule has 1 saturated heterocycles. The summed E-state index contributed by atoms with van der Waals surface area (Å²) in [7, 11) is 0. The van der Waals surface area contributed by atoms with Crippen LogP contribution in [-0.4, -0.2) is 42.2 Å². The van der Waals surface area contributed by atoms with E-state index in [9.17, 15) is 4.79 Å². The van der Waals surface area contributed by atoms with E-state index in [1.165, 1.54) is 0 Å². The number of aromatic nitrogens is 2. The average molecular weight is 410 g/mol. The molecule has 154 valence electrons. The lowest BCUT2D eigenvalue weighted by molar-refractivity contribution is 0.0996. The monoisotopic (exact) mass is 410 g/mol. The number of hydrogen-bond acceptors (Lipinski definition) is 4. The van der Waals surface area contributed by atoms with Crippen LogP contribution in [0.5, 0.6) is 0 Å². The van der Waals surface area contributed by atoms with Gasteiger partial charge >= 0.3 is 0 Å². The molecule has 3 aromatic carbocycles. The Morgan fingerprint density at radius 3 is 2.55 bits per heavy atom. The van der Waals surface area contributed by atoms with E-state index < -0.39 is 0 Å². The SMILES string of the molecule is O=C1c2ccc(N3CCOCC3)cc2CN1c1ccc2nc(-c3ccccc3)[nH]c2c1. The van der Waals surface area contributed by atoms with Gasteiger partial charge in [-0.05, 0) is 42.0 Å². The number of anilines is 2. The van der Waals surface area contributed by atoms with Crippen molar-refractivity contribution in [1.82, 2.24) is 9.97 Å². The molecule has 1 N–H and O–H groups in total. The summed E-state index contributed by atoms with van der Waals surface area (Å²) in [6, 6.07) is 22.2. The number of nitrogens with one attached hydrogen (secondary N) is 1. The highest BCUT2D eigenvalue weighted by molar-refractivity contribution is 6.10. The molecule has 2 aliphatic rings. The van der Waals surface area contributed by atoms with Gasteiger partial charge in [0.2, 0.25) is 0 Å². The van der Waals surface area contributed by atoms with Gasteiger partial charge < -0.3 is 19.5 Å². The Hall–Kier alpha value is -3.64. The average Bonchev–Trinajstić information content (AvgIpc) is 3.40. The topological polar surface area (TPSA) is 61.5 Å². The first kappa shape index (κ1) is 18.2. The fourth-order valence-corrected chi connectivity index (χ4v) is 4.43. The molecule has 31 heavy (non-hydrogen) atoms. The minimum absolute atomic E-state index is 0.0469. The van der Waals surface area contributed by atoms with Crippen molar-refractivity contribution in [1.29, 1.82) is 0 Å². The molecule has 0 atom stereocenters. The second-order valence-corrected chi connectivity index (χ2v) is 7.99. The normalized spacial score (nSPS) is 16.2. The number of fused-ring (bicyclic) bond motifs is 2. The Kier molecular flexibility index (Phi) is 4.25. The Morgan fingerprint density at radius 2 is 1.71 bits per heavy atom. The molecular formula is C25H22N4O2. The Balaban J connectivity index is 1.30. The van der Waals surface area contributed by atoms with Gasteiger partial charge in [-0.25, -0.2) is 4.98 Å². The second-order valence-electron chi connectivity index (χ2n) is 7.99. The van der Waals surface area contributed by atoms with Crippen LogP contribution in [0.4, 0.5) is 11.4 Å². The van der Waals surface area contributed by atoms with Crippen LogP contribution in [0.2, 0.25) is 0 Å². The van der Waals surface area contributed by atoms with Gasteiger partial charge in [0, 0.05) is 35.6 Å². The summed E-state index contributed by atoms with van der Waals surface area (Å²) >= 11 is 0. The molecular weight excluding hydrogens is 388 g/mol. The van der Waals surface area contributed by atoms with Crippen LogP contribution in [0.15, 0.2) is 66.7 Å². The first-order valence-electron chi connectivity index (χ1n) is 10.6. The van der Waals surface area contributed by atoms with Crippen molar-refractivity contribution in [2.75, 3.05) is 36.1 Å². The van der Waals surface area contributed by atoms with Gasteiger partial charge in [-0.3, -0.25) is 4.79 Å². The number of morpholine rings is 1. The predicted molar refractivity (Wildman–Crippen MR) is 122 cm³/mol. The number of carbonyl (C=O) groups is 1. The van der Waals surface area contributed by atoms with Crippen LogP contribution in [0.25, 0.3) is 22.4 Å². The van der Waals surface area contributed by atoms with E-state index in [1.54, 1.807) is 0 Å². The number of nitrogens with zero attached hydrogens (tertiary/aromatic N) is 3. The first-order chi connectivity index (χ1) is 15.3. The van der Waals surface area contributed by atoms with Gasteiger partial charge in [-0.1, -0.05) is 30.3 Å². The molecule has 0 spiro atoms. The van der Waals surface area contributed by atoms with Crippen LogP contribution in [-0.2, 0) is 11.3 Å². The van der Waals surface area contributed by atoms with E-state index in [2.05, 4.69) is 22.0 Å². The predicted octanol–water partition coefficient (Wildman–Crippen LogP) is 4.23. The molecule has 1 aromatic heterocycles. The maximum absolute atomic E-state index is 13.1. The second kappa shape index (κ2) is 7.25. The van der Waals surface area contributed by atoms with Crippen molar-refractivity contribution in [2.24, 2.45) is 0 Å². The highest BCUT2D eigenvalue weighted by Crippen LogP contribution is 2.33. The van der Waals surface area contributed by atoms with Crippen molar-refractivity contribution in [3.05, 3.63) is 77.9 Å². The highest BCUT2D eigenvalue weighted by atomic mass is 16.5. The Labute approximate surface area is 180 Å². The zero-order valence-corrected chi connectivity index (χ0v) is 17.0. The maximum Gasteiger partial charge on any atom is 0.258 e. The van der Waals surface area contributed by atoms with Crippen LogP contribution in [0, 0.1) is 0 Å². The molecule has 0 saturated carbocycles. The van der Waals surface area contributed by atoms with E-state index in [-0.39, 0.29) is 5.91 Å². The summed E-state index contributed by atoms with van der Waals surface area (Å²) in [5, 5.41) is 0. The smallest absolute Gasteiger partial charge is 0.258 e. The number of rotatable bonds is 3. The molecule has 6 heteroatoms. The fourth-order valence-electron chi connectivity index (χ4n) is 4.43. The molecule has 4 aromatic rings. The van der Waals surface area contributed by atoms with Crippen LogP contribution in [0.1, 0.15) is 15.9 Å². The van der Waals surface area contributed by atoms with Gasteiger partial charge in [-0.2, -0.15) is 0 Å². The number of imidazole rings is 1.